The number of thiophene rings is 1. The standard InChI is InChI=1S/C13H11Cl2NO2S/c14-8-6-10(12(16)11(15)7-8)13(17)18-4-3-9-2-1-5-19-9/h1-2,5-7H,3-4,16H2. The van der Waals surface area contributed by atoms with Gasteiger partial charge in [-0.25, -0.2) is 4.79 Å². The second kappa shape index (κ2) is 6.28. The molecule has 1 aromatic carbocycles. The lowest BCUT2D eigenvalue weighted by Gasteiger charge is -2.08. The van der Waals surface area contributed by atoms with Crippen LogP contribution in [0.15, 0.2) is 29.6 Å². The van der Waals surface area contributed by atoms with Gasteiger partial charge in [-0.2, -0.15) is 0 Å². The van der Waals surface area contributed by atoms with E-state index in [0.717, 1.165) is 4.88 Å². The summed E-state index contributed by atoms with van der Waals surface area (Å²) in [6.45, 7) is 0.295. The summed E-state index contributed by atoms with van der Waals surface area (Å²) in [4.78, 5) is 13.0. The van der Waals surface area contributed by atoms with Gasteiger partial charge in [0.25, 0.3) is 0 Å². The second-order valence-corrected chi connectivity index (χ2v) is 5.69. The number of rotatable bonds is 4. The molecule has 0 atom stereocenters. The van der Waals surface area contributed by atoms with E-state index in [1.807, 2.05) is 17.5 Å². The van der Waals surface area contributed by atoms with Crippen molar-refractivity contribution in [2.45, 2.75) is 6.42 Å². The fourth-order valence-corrected chi connectivity index (χ4v) is 2.71. The van der Waals surface area contributed by atoms with E-state index in [9.17, 15) is 4.79 Å². The molecule has 1 aromatic heterocycles. The number of carbonyl (C=O) groups is 1. The van der Waals surface area contributed by atoms with Crippen molar-refractivity contribution in [1.29, 1.82) is 0 Å². The summed E-state index contributed by atoms with van der Waals surface area (Å²) in [5.74, 6) is -0.515. The molecule has 2 rings (SSSR count). The first-order valence-electron chi connectivity index (χ1n) is 5.52. The van der Waals surface area contributed by atoms with E-state index < -0.39 is 5.97 Å². The number of carbonyl (C=O) groups excluding carboxylic acids is 1. The van der Waals surface area contributed by atoms with Crippen LogP contribution in [0.1, 0.15) is 15.2 Å². The van der Waals surface area contributed by atoms with Crippen molar-refractivity contribution >= 4 is 46.2 Å². The molecule has 0 aliphatic heterocycles. The SMILES string of the molecule is Nc1c(Cl)cc(Cl)cc1C(=O)OCCc1cccs1. The topological polar surface area (TPSA) is 52.3 Å². The first-order valence-corrected chi connectivity index (χ1v) is 7.15. The van der Waals surface area contributed by atoms with Gasteiger partial charge in [-0.3, -0.25) is 0 Å². The number of benzene rings is 1. The Bertz CT molecular complexity index is 585. The molecule has 0 aliphatic rings. The van der Waals surface area contributed by atoms with Crippen LogP contribution < -0.4 is 5.73 Å². The highest BCUT2D eigenvalue weighted by atomic mass is 35.5. The number of anilines is 1. The summed E-state index contributed by atoms with van der Waals surface area (Å²) in [7, 11) is 0. The number of nitrogens with two attached hydrogens (primary N) is 1. The van der Waals surface area contributed by atoms with Crippen molar-refractivity contribution in [1.82, 2.24) is 0 Å². The molecule has 0 aliphatic carbocycles. The van der Waals surface area contributed by atoms with Crippen LogP contribution in [-0.4, -0.2) is 12.6 Å². The fraction of sp³-hybridized carbons (Fsp3) is 0.154. The molecule has 0 bridgehead atoms. The molecule has 19 heavy (non-hydrogen) atoms. The van der Waals surface area contributed by atoms with Gasteiger partial charge >= 0.3 is 5.97 Å². The van der Waals surface area contributed by atoms with Gasteiger partial charge in [-0.1, -0.05) is 29.3 Å². The van der Waals surface area contributed by atoms with Gasteiger partial charge in [-0.05, 0) is 23.6 Å². The summed E-state index contributed by atoms with van der Waals surface area (Å²) in [5, 5.41) is 2.58. The minimum Gasteiger partial charge on any atom is -0.462 e. The molecule has 0 saturated carbocycles. The number of nitrogen functional groups attached to an aromatic ring is 1. The third-order valence-electron chi connectivity index (χ3n) is 2.48. The zero-order valence-corrected chi connectivity index (χ0v) is 12.2. The number of esters is 1. The van der Waals surface area contributed by atoms with Crippen molar-refractivity contribution in [2.75, 3.05) is 12.3 Å². The van der Waals surface area contributed by atoms with E-state index in [2.05, 4.69) is 0 Å². The highest BCUT2D eigenvalue weighted by Crippen LogP contribution is 2.28. The van der Waals surface area contributed by atoms with Crippen LogP contribution in [0.4, 0.5) is 5.69 Å². The summed E-state index contributed by atoms with van der Waals surface area (Å²) >= 11 is 13.3. The molecule has 2 aromatic rings. The lowest BCUT2D eigenvalue weighted by atomic mass is 10.2. The first-order chi connectivity index (χ1) is 9.08. The van der Waals surface area contributed by atoms with Gasteiger partial charge in [0.05, 0.1) is 22.9 Å². The number of hydrogen-bond acceptors (Lipinski definition) is 4. The van der Waals surface area contributed by atoms with Gasteiger partial charge < -0.3 is 10.5 Å². The Kier molecular flexibility index (Phi) is 4.69. The molecule has 0 radical (unpaired) electrons. The molecule has 0 amide bonds. The molecule has 3 nitrogen and oxygen atoms in total. The maximum absolute atomic E-state index is 11.9. The minimum atomic E-state index is -0.515. The Labute approximate surface area is 124 Å². The summed E-state index contributed by atoms with van der Waals surface area (Å²) in [5.41, 5.74) is 6.11. The molecule has 0 saturated heterocycles. The van der Waals surface area contributed by atoms with Gasteiger partial charge in [0.1, 0.15) is 0 Å². The molecule has 0 fully saturated rings. The van der Waals surface area contributed by atoms with Crippen molar-refractivity contribution in [3.63, 3.8) is 0 Å². The van der Waals surface area contributed by atoms with Crippen molar-refractivity contribution in [3.8, 4) is 0 Å². The molecule has 2 N–H and O–H groups in total. The predicted molar refractivity (Wildman–Crippen MR) is 79.2 cm³/mol. The van der Waals surface area contributed by atoms with Crippen molar-refractivity contribution < 1.29 is 9.53 Å². The van der Waals surface area contributed by atoms with E-state index in [1.54, 1.807) is 11.3 Å². The van der Waals surface area contributed by atoms with Gasteiger partial charge in [0.15, 0.2) is 0 Å². The Hall–Kier alpha value is -1.23. The normalized spacial score (nSPS) is 10.4. The minimum absolute atomic E-state index is 0.187. The maximum Gasteiger partial charge on any atom is 0.340 e. The lowest BCUT2D eigenvalue weighted by molar-refractivity contribution is 0.0511. The number of ether oxygens (including phenoxy) is 1. The fourth-order valence-electron chi connectivity index (χ4n) is 1.53. The molecule has 1 heterocycles. The summed E-state index contributed by atoms with van der Waals surface area (Å²) < 4.78 is 5.16. The quantitative estimate of drug-likeness (QED) is 0.684. The van der Waals surface area contributed by atoms with Crippen molar-refractivity contribution in [3.05, 3.63) is 50.1 Å². The summed E-state index contributed by atoms with van der Waals surface area (Å²) in [6, 6.07) is 6.89. The number of hydrogen-bond donors (Lipinski definition) is 1. The van der Waals surface area contributed by atoms with Crippen LogP contribution in [0.5, 0.6) is 0 Å². The molecule has 0 spiro atoms. The lowest BCUT2D eigenvalue weighted by Crippen LogP contribution is -2.10. The molecule has 6 heteroatoms. The zero-order valence-electron chi connectivity index (χ0n) is 9.86. The zero-order chi connectivity index (χ0) is 13.8. The van der Waals surface area contributed by atoms with E-state index in [4.69, 9.17) is 33.7 Å². The maximum atomic E-state index is 11.9. The number of halogens is 2. The van der Waals surface area contributed by atoms with Crippen LogP contribution in [0.25, 0.3) is 0 Å². The van der Waals surface area contributed by atoms with Crippen LogP contribution in [0, 0.1) is 0 Å². The molecule has 100 valence electrons. The Morgan fingerprint density at radius 3 is 2.84 bits per heavy atom. The van der Waals surface area contributed by atoms with Gasteiger partial charge in [0, 0.05) is 16.3 Å². The van der Waals surface area contributed by atoms with E-state index in [0.29, 0.717) is 18.1 Å². The Morgan fingerprint density at radius 1 is 1.37 bits per heavy atom. The van der Waals surface area contributed by atoms with E-state index >= 15 is 0 Å². The third-order valence-corrected chi connectivity index (χ3v) is 3.94. The average Bonchev–Trinajstić information content (AvgIpc) is 2.86. The largest absolute Gasteiger partial charge is 0.462 e. The van der Waals surface area contributed by atoms with E-state index in [-0.39, 0.29) is 16.3 Å². The molecular weight excluding hydrogens is 305 g/mol. The predicted octanol–water partition coefficient (Wildman–Crippen LogP) is 4.04. The Balaban J connectivity index is 2.00. The second-order valence-electron chi connectivity index (χ2n) is 3.81. The molecule has 0 unspecified atom stereocenters. The van der Waals surface area contributed by atoms with Crippen LogP contribution >= 0.6 is 34.5 Å². The van der Waals surface area contributed by atoms with Crippen LogP contribution in [0.2, 0.25) is 10.0 Å². The average molecular weight is 316 g/mol. The highest BCUT2D eigenvalue weighted by molar-refractivity contribution is 7.09. The van der Waals surface area contributed by atoms with Crippen LogP contribution in [-0.2, 0) is 11.2 Å². The highest BCUT2D eigenvalue weighted by Gasteiger charge is 2.15. The summed E-state index contributed by atoms with van der Waals surface area (Å²) in [6.07, 6.45) is 0.678. The first kappa shape index (κ1) is 14.2. The van der Waals surface area contributed by atoms with E-state index in [1.165, 1.54) is 12.1 Å². The third kappa shape index (κ3) is 3.62. The van der Waals surface area contributed by atoms with Crippen molar-refractivity contribution in [2.24, 2.45) is 0 Å². The molecular formula is C13H11Cl2NO2S. The van der Waals surface area contributed by atoms with Gasteiger partial charge in [-0.15, -0.1) is 11.3 Å². The monoisotopic (exact) mass is 315 g/mol. The Morgan fingerprint density at radius 2 is 2.16 bits per heavy atom. The smallest absolute Gasteiger partial charge is 0.340 e. The van der Waals surface area contributed by atoms with Crippen LogP contribution in [0.3, 0.4) is 0 Å². The van der Waals surface area contributed by atoms with Gasteiger partial charge in [0.2, 0.25) is 0 Å².